The van der Waals surface area contributed by atoms with Crippen molar-refractivity contribution < 1.29 is 9.53 Å². The first kappa shape index (κ1) is 14.8. The van der Waals surface area contributed by atoms with Crippen molar-refractivity contribution in [2.75, 3.05) is 33.4 Å². The second-order valence-electron chi connectivity index (χ2n) is 6.16. The molecular weight excluding hydrogens is 240 g/mol. The van der Waals surface area contributed by atoms with Crippen LogP contribution >= 0.6 is 0 Å². The molecule has 1 atom stereocenters. The van der Waals surface area contributed by atoms with E-state index >= 15 is 0 Å². The quantitative estimate of drug-likeness (QED) is 0.798. The normalized spacial score (nSPS) is 25.9. The minimum Gasteiger partial charge on any atom is -0.381 e. The molecule has 1 aliphatic heterocycles. The van der Waals surface area contributed by atoms with E-state index < -0.39 is 0 Å². The first-order chi connectivity index (χ1) is 9.16. The third-order valence-corrected chi connectivity index (χ3v) is 4.93. The first-order valence-corrected chi connectivity index (χ1v) is 7.72. The molecule has 19 heavy (non-hydrogen) atoms. The molecule has 1 saturated carbocycles. The van der Waals surface area contributed by atoms with Gasteiger partial charge < -0.3 is 10.1 Å². The van der Waals surface area contributed by atoms with Crippen LogP contribution in [0.4, 0.5) is 0 Å². The Morgan fingerprint density at radius 2 is 2.16 bits per heavy atom. The van der Waals surface area contributed by atoms with Crippen molar-refractivity contribution in [1.82, 2.24) is 10.2 Å². The van der Waals surface area contributed by atoms with Gasteiger partial charge in [-0.05, 0) is 38.8 Å². The van der Waals surface area contributed by atoms with Gasteiger partial charge in [0.2, 0.25) is 5.91 Å². The Morgan fingerprint density at radius 3 is 2.74 bits per heavy atom. The fraction of sp³-hybridized carbons (Fsp3) is 0.933. The van der Waals surface area contributed by atoms with Crippen LogP contribution < -0.4 is 5.32 Å². The van der Waals surface area contributed by atoms with Crippen LogP contribution in [0.2, 0.25) is 0 Å². The van der Waals surface area contributed by atoms with Crippen molar-refractivity contribution in [2.45, 2.75) is 51.0 Å². The number of nitrogens with zero attached hydrogens (tertiary/aromatic N) is 1. The van der Waals surface area contributed by atoms with Crippen molar-refractivity contribution in [2.24, 2.45) is 5.92 Å². The van der Waals surface area contributed by atoms with Gasteiger partial charge >= 0.3 is 0 Å². The van der Waals surface area contributed by atoms with E-state index in [2.05, 4.69) is 24.2 Å². The number of hydrogen-bond acceptors (Lipinski definition) is 3. The molecule has 2 fully saturated rings. The van der Waals surface area contributed by atoms with Crippen LogP contribution in [0.5, 0.6) is 0 Å². The third-order valence-electron chi connectivity index (χ3n) is 4.93. The van der Waals surface area contributed by atoms with Crippen LogP contribution in [-0.4, -0.2) is 49.7 Å². The second kappa shape index (κ2) is 6.71. The highest BCUT2D eigenvalue weighted by molar-refractivity contribution is 5.76. The molecule has 1 amide bonds. The summed E-state index contributed by atoms with van der Waals surface area (Å²) >= 11 is 0. The average molecular weight is 268 g/mol. The molecule has 4 nitrogen and oxygen atoms in total. The number of amides is 1. The Balaban J connectivity index is 1.79. The van der Waals surface area contributed by atoms with E-state index in [0.717, 1.165) is 32.7 Å². The maximum atomic E-state index is 12.0. The van der Waals surface area contributed by atoms with Gasteiger partial charge in [-0.25, -0.2) is 0 Å². The van der Waals surface area contributed by atoms with E-state index in [1.165, 1.54) is 25.7 Å². The highest BCUT2D eigenvalue weighted by Crippen LogP contribution is 2.33. The third kappa shape index (κ3) is 3.69. The van der Waals surface area contributed by atoms with Gasteiger partial charge in [-0.15, -0.1) is 0 Å². The highest BCUT2D eigenvalue weighted by Gasteiger charge is 2.37. The summed E-state index contributed by atoms with van der Waals surface area (Å²) in [6.07, 6.45) is 6.67. The number of carbonyl (C=O) groups is 1. The summed E-state index contributed by atoms with van der Waals surface area (Å²) in [7, 11) is 2.18. The van der Waals surface area contributed by atoms with Crippen LogP contribution in [-0.2, 0) is 9.53 Å². The van der Waals surface area contributed by atoms with Gasteiger partial charge in [0.05, 0.1) is 0 Å². The van der Waals surface area contributed by atoms with E-state index in [4.69, 9.17) is 4.74 Å². The number of rotatable bonds is 6. The minimum atomic E-state index is 0.200. The van der Waals surface area contributed by atoms with Crippen molar-refractivity contribution in [3.8, 4) is 0 Å². The van der Waals surface area contributed by atoms with Gasteiger partial charge in [0.15, 0.2) is 0 Å². The fourth-order valence-corrected chi connectivity index (χ4v) is 3.40. The predicted octanol–water partition coefficient (Wildman–Crippen LogP) is 1.79. The summed E-state index contributed by atoms with van der Waals surface area (Å²) in [5.41, 5.74) is 0.205. The lowest BCUT2D eigenvalue weighted by Gasteiger charge is -2.38. The molecule has 0 aromatic rings. The largest absolute Gasteiger partial charge is 0.381 e. The zero-order valence-corrected chi connectivity index (χ0v) is 12.4. The van der Waals surface area contributed by atoms with E-state index in [-0.39, 0.29) is 11.4 Å². The van der Waals surface area contributed by atoms with Crippen molar-refractivity contribution in [1.29, 1.82) is 0 Å². The molecule has 2 aliphatic rings. The molecule has 1 unspecified atom stereocenters. The molecule has 2 rings (SSSR count). The molecule has 4 heteroatoms. The van der Waals surface area contributed by atoms with Crippen LogP contribution in [0.25, 0.3) is 0 Å². The number of carbonyl (C=O) groups excluding carboxylic acids is 1. The topological polar surface area (TPSA) is 41.6 Å². The lowest BCUT2D eigenvalue weighted by molar-refractivity contribution is -0.122. The van der Waals surface area contributed by atoms with E-state index in [1.807, 2.05) is 0 Å². The molecule has 1 saturated heterocycles. The zero-order chi connectivity index (χ0) is 13.7. The average Bonchev–Trinajstić information content (AvgIpc) is 3.07. The Kier molecular flexibility index (Phi) is 5.22. The van der Waals surface area contributed by atoms with E-state index in [1.54, 1.807) is 0 Å². The minimum absolute atomic E-state index is 0.200. The van der Waals surface area contributed by atoms with Crippen LogP contribution in [0, 0.1) is 5.92 Å². The Morgan fingerprint density at radius 1 is 1.42 bits per heavy atom. The summed E-state index contributed by atoms with van der Waals surface area (Å²) in [5.74, 6) is 0.634. The molecular formula is C15H28N2O2. The SMILES string of the molecule is CCN(C)C1(CNC(=O)CC2CCOC2)CCCC1. The molecule has 1 aliphatic carbocycles. The second-order valence-corrected chi connectivity index (χ2v) is 6.16. The van der Waals surface area contributed by atoms with Crippen LogP contribution in [0.1, 0.15) is 45.4 Å². The first-order valence-electron chi connectivity index (χ1n) is 7.72. The Bertz CT molecular complexity index is 295. The van der Waals surface area contributed by atoms with Gasteiger partial charge in [-0.3, -0.25) is 9.69 Å². The monoisotopic (exact) mass is 268 g/mol. The summed E-state index contributed by atoms with van der Waals surface area (Å²) in [4.78, 5) is 14.4. The highest BCUT2D eigenvalue weighted by atomic mass is 16.5. The summed E-state index contributed by atoms with van der Waals surface area (Å²) in [5, 5.41) is 3.17. The van der Waals surface area contributed by atoms with E-state index in [0.29, 0.717) is 12.3 Å². The molecule has 1 N–H and O–H groups in total. The van der Waals surface area contributed by atoms with Crippen LogP contribution in [0.15, 0.2) is 0 Å². The standard InChI is InChI=1S/C15H28N2O2/c1-3-17(2)15(7-4-5-8-15)12-16-14(18)10-13-6-9-19-11-13/h13H,3-12H2,1-2H3,(H,16,18). The summed E-state index contributed by atoms with van der Waals surface area (Å²) in [6, 6.07) is 0. The Labute approximate surface area is 116 Å². The van der Waals surface area contributed by atoms with Crippen LogP contribution in [0.3, 0.4) is 0 Å². The van der Waals surface area contributed by atoms with Gasteiger partial charge in [-0.1, -0.05) is 19.8 Å². The molecule has 0 bridgehead atoms. The number of likely N-dealkylation sites (N-methyl/N-ethyl adjacent to an activating group) is 1. The molecule has 0 aromatic carbocycles. The van der Waals surface area contributed by atoms with Gasteiger partial charge in [0, 0.05) is 31.7 Å². The van der Waals surface area contributed by atoms with Crippen molar-refractivity contribution >= 4 is 5.91 Å². The maximum Gasteiger partial charge on any atom is 0.220 e. The molecule has 0 radical (unpaired) electrons. The molecule has 0 aromatic heterocycles. The zero-order valence-electron chi connectivity index (χ0n) is 12.4. The van der Waals surface area contributed by atoms with Gasteiger partial charge in [0.1, 0.15) is 0 Å². The lowest BCUT2D eigenvalue weighted by atomic mass is 9.95. The molecule has 0 spiro atoms. The predicted molar refractivity (Wildman–Crippen MR) is 76.1 cm³/mol. The van der Waals surface area contributed by atoms with Gasteiger partial charge in [0.25, 0.3) is 0 Å². The summed E-state index contributed by atoms with van der Waals surface area (Å²) in [6.45, 7) is 5.63. The molecule has 110 valence electrons. The maximum absolute atomic E-state index is 12.0. The molecule has 1 heterocycles. The van der Waals surface area contributed by atoms with Gasteiger partial charge in [-0.2, -0.15) is 0 Å². The Hall–Kier alpha value is -0.610. The lowest BCUT2D eigenvalue weighted by Crippen LogP contribution is -2.52. The van der Waals surface area contributed by atoms with Crippen molar-refractivity contribution in [3.63, 3.8) is 0 Å². The van der Waals surface area contributed by atoms with Crippen molar-refractivity contribution in [3.05, 3.63) is 0 Å². The fourth-order valence-electron chi connectivity index (χ4n) is 3.40. The number of nitrogens with one attached hydrogen (secondary N) is 1. The smallest absolute Gasteiger partial charge is 0.220 e. The van der Waals surface area contributed by atoms with E-state index in [9.17, 15) is 4.79 Å². The summed E-state index contributed by atoms with van der Waals surface area (Å²) < 4.78 is 5.32. The number of ether oxygens (including phenoxy) is 1. The number of hydrogen-bond donors (Lipinski definition) is 1.